The van der Waals surface area contributed by atoms with E-state index >= 15 is 0 Å². The molecule has 1 rings (SSSR count). The van der Waals surface area contributed by atoms with Gasteiger partial charge in [0.1, 0.15) is 5.75 Å². The Bertz CT molecular complexity index is 601. The molecule has 1 amide bonds. The predicted molar refractivity (Wildman–Crippen MR) is 129 cm³/mol. The van der Waals surface area contributed by atoms with Crippen molar-refractivity contribution in [3.05, 3.63) is 29.8 Å². The summed E-state index contributed by atoms with van der Waals surface area (Å²) in [5.41, 5.74) is 0.709. The van der Waals surface area contributed by atoms with Gasteiger partial charge >= 0.3 is 0 Å². The van der Waals surface area contributed by atoms with Crippen molar-refractivity contribution in [1.82, 2.24) is 16.0 Å². The topological polar surface area (TPSA) is 84.0 Å². The Morgan fingerprint density at radius 2 is 1.66 bits per heavy atom. The maximum atomic E-state index is 11.9. The number of carbonyl (C=O) groups is 1. The molecule has 0 unspecified atom stereocenters. The van der Waals surface area contributed by atoms with Crippen molar-refractivity contribution >= 4 is 35.8 Å². The Morgan fingerprint density at radius 3 is 2.24 bits per heavy atom. The molecule has 0 aliphatic heterocycles. The minimum atomic E-state index is -0.386. The summed E-state index contributed by atoms with van der Waals surface area (Å²) in [6, 6.07) is 7.85. The third kappa shape index (κ3) is 12.6. The van der Waals surface area contributed by atoms with Gasteiger partial charge in [-0.15, -0.1) is 24.0 Å². The molecule has 1 aromatic rings. The molecule has 0 saturated carbocycles. The monoisotopic (exact) mass is 520 g/mol. The molecule has 0 bridgehead atoms. The first-order chi connectivity index (χ1) is 13.4. The lowest BCUT2D eigenvalue weighted by Crippen LogP contribution is -2.43. The van der Waals surface area contributed by atoms with Crippen LogP contribution in [-0.4, -0.2) is 51.8 Å². The van der Waals surface area contributed by atoms with Crippen LogP contribution in [0.15, 0.2) is 29.3 Å². The maximum Gasteiger partial charge on any atom is 0.225 e. The van der Waals surface area contributed by atoms with Crippen LogP contribution in [0.3, 0.4) is 0 Å². The molecule has 7 nitrogen and oxygen atoms in total. The Kier molecular flexibility index (Phi) is 14.5. The number of carbonyl (C=O) groups excluding carboxylic acids is 1. The highest BCUT2D eigenvalue weighted by molar-refractivity contribution is 14.0. The summed E-state index contributed by atoms with van der Waals surface area (Å²) in [4.78, 5) is 16.6. The molecule has 0 saturated heterocycles. The van der Waals surface area contributed by atoms with Crippen LogP contribution in [0, 0.1) is 5.41 Å². The fraction of sp³-hybridized carbons (Fsp3) is 0.619. The van der Waals surface area contributed by atoms with E-state index in [4.69, 9.17) is 9.47 Å². The second-order valence-electron chi connectivity index (χ2n) is 7.42. The van der Waals surface area contributed by atoms with Crippen molar-refractivity contribution in [2.24, 2.45) is 10.4 Å². The lowest BCUT2D eigenvalue weighted by molar-refractivity contribution is -0.128. The Morgan fingerprint density at radius 1 is 1.03 bits per heavy atom. The van der Waals surface area contributed by atoms with Gasteiger partial charge in [0.15, 0.2) is 5.96 Å². The van der Waals surface area contributed by atoms with E-state index in [-0.39, 0.29) is 35.3 Å². The quantitative estimate of drug-likeness (QED) is 0.181. The number of amides is 1. The Labute approximate surface area is 192 Å². The van der Waals surface area contributed by atoms with E-state index in [0.29, 0.717) is 19.6 Å². The van der Waals surface area contributed by atoms with E-state index in [1.165, 1.54) is 0 Å². The predicted octanol–water partition coefficient (Wildman–Crippen LogP) is 2.94. The first-order valence-corrected chi connectivity index (χ1v) is 9.88. The van der Waals surface area contributed by atoms with Crippen molar-refractivity contribution in [1.29, 1.82) is 0 Å². The average molecular weight is 520 g/mol. The normalized spacial score (nSPS) is 11.4. The number of ether oxygens (including phenoxy) is 2. The molecule has 29 heavy (non-hydrogen) atoms. The Hall–Kier alpha value is -1.55. The first-order valence-electron chi connectivity index (χ1n) is 9.88. The van der Waals surface area contributed by atoms with Crippen LogP contribution < -0.4 is 20.7 Å². The first kappa shape index (κ1) is 27.5. The van der Waals surface area contributed by atoms with E-state index in [0.717, 1.165) is 43.5 Å². The SMILES string of the molecule is CCOCCCNC(=NCc1ccc(OC)cc1)NCCNC(=O)C(C)(C)C.I. The summed E-state index contributed by atoms with van der Waals surface area (Å²) in [6.07, 6.45) is 0.901. The smallest absolute Gasteiger partial charge is 0.225 e. The third-order valence-electron chi connectivity index (χ3n) is 3.93. The van der Waals surface area contributed by atoms with Crippen molar-refractivity contribution in [2.75, 3.05) is 40.0 Å². The van der Waals surface area contributed by atoms with Crippen molar-refractivity contribution in [2.45, 2.75) is 40.7 Å². The van der Waals surface area contributed by atoms with Crippen LogP contribution in [-0.2, 0) is 16.1 Å². The summed E-state index contributed by atoms with van der Waals surface area (Å²) in [6.45, 7) is 11.6. The molecule has 1 aromatic carbocycles. The number of halogens is 1. The van der Waals surface area contributed by atoms with Crippen LogP contribution in [0.5, 0.6) is 5.75 Å². The zero-order chi connectivity index (χ0) is 20.8. The van der Waals surface area contributed by atoms with Gasteiger partial charge in [-0.2, -0.15) is 0 Å². The molecule has 0 aliphatic carbocycles. The number of methoxy groups -OCH3 is 1. The van der Waals surface area contributed by atoms with E-state index in [2.05, 4.69) is 20.9 Å². The number of hydrogen-bond acceptors (Lipinski definition) is 4. The summed E-state index contributed by atoms with van der Waals surface area (Å²) >= 11 is 0. The van der Waals surface area contributed by atoms with Gasteiger partial charge in [-0.05, 0) is 31.0 Å². The van der Waals surface area contributed by atoms with Gasteiger partial charge in [0.25, 0.3) is 0 Å². The molecule has 0 aromatic heterocycles. The number of rotatable bonds is 11. The molecule has 0 radical (unpaired) electrons. The molecule has 0 fully saturated rings. The lowest BCUT2D eigenvalue weighted by atomic mass is 9.96. The molecule has 3 N–H and O–H groups in total. The fourth-order valence-corrected chi connectivity index (χ4v) is 2.22. The van der Waals surface area contributed by atoms with E-state index < -0.39 is 0 Å². The molecule has 0 aliphatic rings. The Balaban J connectivity index is 0.00000784. The van der Waals surface area contributed by atoms with Crippen LogP contribution in [0.25, 0.3) is 0 Å². The van der Waals surface area contributed by atoms with Crippen molar-refractivity contribution < 1.29 is 14.3 Å². The number of nitrogens with one attached hydrogen (secondary N) is 3. The van der Waals surface area contributed by atoms with Crippen molar-refractivity contribution in [3.8, 4) is 5.75 Å². The molecule has 0 spiro atoms. The van der Waals surface area contributed by atoms with Crippen LogP contribution in [0.1, 0.15) is 39.7 Å². The minimum Gasteiger partial charge on any atom is -0.497 e. The van der Waals surface area contributed by atoms with E-state index in [1.807, 2.05) is 52.0 Å². The van der Waals surface area contributed by atoms with Gasteiger partial charge in [0.05, 0.1) is 13.7 Å². The highest BCUT2D eigenvalue weighted by Gasteiger charge is 2.20. The number of hydrogen-bond donors (Lipinski definition) is 3. The van der Waals surface area contributed by atoms with Crippen LogP contribution >= 0.6 is 24.0 Å². The van der Waals surface area contributed by atoms with Gasteiger partial charge < -0.3 is 25.4 Å². The van der Waals surface area contributed by atoms with Crippen LogP contribution in [0.2, 0.25) is 0 Å². The molecule has 8 heteroatoms. The number of benzene rings is 1. The lowest BCUT2D eigenvalue weighted by Gasteiger charge is -2.18. The van der Waals surface area contributed by atoms with Gasteiger partial charge in [-0.3, -0.25) is 4.79 Å². The van der Waals surface area contributed by atoms with E-state index in [1.54, 1.807) is 7.11 Å². The summed E-state index contributed by atoms with van der Waals surface area (Å²) in [5.74, 6) is 1.59. The van der Waals surface area contributed by atoms with Gasteiger partial charge in [-0.1, -0.05) is 32.9 Å². The van der Waals surface area contributed by atoms with E-state index in [9.17, 15) is 4.79 Å². The fourth-order valence-electron chi connectivity index (χ4n) is 2.22. The largest absolute Gasteiger partial charge is 0.497 e. The number of guanidine groups is 1. The summed E-state index contributed by atoms with van der Waals surface area (Å²) in [7, 11) is 1.65. The summed E-state index contributed by atoms with van der Waals surface area (Å²) in [5, 5.41) is 9.51. The average Bonchev–Trinajstić information content (AvgIpc) is 2.67. The molecule has 0 heterocycles. The molecular formula is C21H37IN4O3. The standard InChI is InChI=1S/C21H36N4O3.HI/c1-6-28-15-7-12-23-20(24-14-13-22-19(26)21(2,3)4)25-16-17-8-10-18(27-5)11-9-17;/h8-11H,6-7,12-16H2,1-5H3,(H,22,26)(H2,23,24,25);1H. The highest BCUT2D eigenvalue weighted by Crippen LogP contribution is 2.12. The van der Waals surface area contributed by atoms with Gasteiger partial charge in [0.2, 0.25) is 5.91 Å². The van der Waals surface area contributed by atoms with Gasteiger partial charge in [0, 0.05) is 38.3 Å². The third-order valence-corrected chi connectivity index (χ3v) is 3.93. The maximum absolute atomic E-state index is 11.9. The molecule has 166 valence electrons. The second kappa shape index (κ2) is 15.3. The number of aliphatic imine (C=N–C) groups is 1. The highest BCUT2D eigenvalue weighted by atomic mass is 127. The zero-order valence-corrected chi connectivity index (χ0v) is 20.7. The zero-order valence-electron chi connectivity index (χ0n) is 18.3. The van der Waals surface area contributed by atoms with Gasteiger partial charge in [-0.25, -0.2) is 4.99 Å². The van der Waals surface area contributed by atoms with Crippen molar-refractivity contribution in [3.63, 3.8) is 0 Å². The number of nitrogens with zero attached hydrogens (tertiary/aromatic N) is 1. The summed E-state index contributed by atoms with van der Waals surface area (Å²) < 4.78 is 10.5. The second-order valence-corrected chi connectivity index (χ2v) is 7.42. The molecule has 0 atom stereocenters. The molecular weight excluding hydrogens is 483 g/mol. The van der Waals surface area contributed by atoms with Crippen LogP contribution in [0.4, 0.5) is 0 Å². The minimum absolute atomic E-state index is 0.